The molecule has 158 valence electrons. The first kappa shape index (κ1) is 19.4. The Balaban J connectivity index is 1.84. The Bertz CT molecular complexity index is 884. The van der Waals surface area contributed by atoms with Crippen molar-refractivity contribution in [3.8, 4) is 11.5 Å². The monoisotopic (exact) mass is 399 g/mol. The van der Waals surface area contributed by atoms with Gasteiger partial charge >= 0.3 is 0 Å². The first-order valence-electron chi connectivity index (χ1n) is 10.9. The molecule has 5 nitrogen and oxygen atoms in total. The number of methoxy groups -OCH3 is 2. The third kappa shape index (κ3) is 1.97. The van der Waals surface area contributed by atoms with Crippen LogP contribution in [0, 0.1) is 18.3 Å². The van der Waals surface area contributed by atoms with Crippen LogP contribution in [0.15, 0.2) is 12.1 Å². The molecule has 1 unspecified atom stereocenters. The number of nitrogens with zero attached hydrogens (tertiary/aromatic N) is 1. The van der Waals surface area contributed by atoms with Crippen LogP contribution in [0.2, 0.25) is 0 Å². The van der Waals surface area contributed by atoms with Gasteiger partial charge in [-0.1, -0.05) is 6.07 Å². The highest BCUT2D eigenvalue weighted by molar-refractivity contribution is 5.81. The molecule has 0 aromatic heterocycles. The fraction of sp³-hybridized carbons (Fsp3) is 0.708. The Morgan fingerprint density at radius 2 is 2.00 bits per heavy atom. The van der Waals surface area contributed by atoms with Crippen LogP contribution in [-0.4, -0.2) is 56.2 Å². The molecular weight excluding hydrogens is 366 g/mol. The molecule has 5 heteroatoms. The van der Waals surface area contributed by atoms with Gasteiger partial charge in [0.05, 0.1) is 13.0 Å². The average molecular weight is 400 g/mol. The van der Waals surface area contributed by atoms with Crippen molar-refractivity contribution in [1.29, 1.82) is 0 Å². The summed E-state index contributed by atoms with van der Waals surface area (Å²) in [5.41, 5.74) is 1.85. The van der Waals surface area contributed by atoms with Crippen molar-refractivity contribution in [1.82, 2.24) is 4.90 Å². The van der Waals surface area contributed by atoms with Crippen LogP contribution in [0.1, 0.15) is 50.7 Å². The van der Waals surface area contributed by atoms with E-state index in [0.29, 0.717) is 6.04 Å². The van der Waals surface area contributed by atoms with Crippen molar-refractivity contribution in [2.75, 3.05) is 27.8 Å². The molecule has 1 aromatic rings. The van der Waals surface area contributed by atoms with Crippen LogP contribution in [0.5, 0.6) is 11.5 Å². The Labute approximate surface area is 173 Å². The minimum absolute atomic E-state index is 0.0103. The summed E-state index contributed by atoms with van der Waals surface area (Å²) < 4.78 is 18.9. The lowest BCUT2D eigenvalue weighted by Crippen LogP contribution is -2.79. The smallest absolute Gasteiger partial charge is 0.165 e. The van der Waals surface area contributed by atoms with Crippen LogP contribution in [-0.2, 0) is 14.9 Å². The van der Waals surface area contributed by atoms with Crippen molar-refractivity contribution in [3.63, 3.8) is 0 Å². The number of Topliss-reactive ketones (excluding diaryl/α,β-unsaturated/α-hetero) is 1. The first-order valence-corrected chi connectivity index (χ1v) is 10.9. The van der Waals surface area contributed by atoms with Crippen LogP contribution >= 0.6 is 0 Å². The lowest BCUT2D eigenvalue weighted by molar-refractivity contribution is -0.265. The van der Waals surface area contributed by atoms with Crippen molar-refractivity contribution < 1.29 is 19.0 Å². The molecule has 3 saturated carbocycles. The van der Waals surface area contributed by atoms with Gasteiger partial charge in [0.2, 0.25) is 0 Å². The maximum absolute atomic E-state index is 12.9. The van der Waals surface area contributed by atoms with E-state index >= 15 is 0 Å². The zero-order valence-electron chi connectivity index (χ0n) is 18.5. The molecule has 0 amide bonds. The minimum atomic E-state index is -0.570. The molecule has 1 aromatic carbocycles. The number of aryl methyl sites for hydroxylation is 1. The van der Waals surface area contributed by atoms with Gasteiger partial charge in [-0.2, -0.15) is 0 Å². The quantitative estimate of drug-likeness (QED) is 0.779. The number of benzene rings is 1. The van der Waals surface area contributed by atoms with Gasteiger partial charge in [0.15, 0.2) is 11.5 Å². The molecule has 2 heterocycles. The summed E-state index contributed by atoms with van der Waals surface area (Å²) >= 11 is 0. The van der Waals surface area contributed by atoms with Gasteiger partial charge in [-0.05, 0) is 71.7 Å². The summed E-state index contributed by atoms with van der Waals surface area (Å²) in [4.78, 5) is 15.4. The van der Waals surface area contributed by atoms with Gasteiger partial charge in [-0.25, -0.2) is 0 Å². The second-order valence-corrected chi connectivity index (χ2v) is 9.85. The molecule has 6 atom stereocenters. The molecule has 4 fully saturated rings. The molecule has 2 aliphatic heterocycles. The van der Waals surface area contributed by atoms with Gasteiger partial charge < -0.3 is 19.1 Å². The summed E-state index contributed by atoms with van der Waals surface area (Å²) in [7, 11) is 5.71. The van der Waals surface area contributed by atoms with Gasteiger partial charge in [0.1, 0.15) is 17.5 Å². The van der Waals surface area contributed by atoms with Crippen LogP contribution in [0.3, 0.4) is 0 Å². The Kier molecular flexibility index (Phi) is 3.99. The predicted molar refractivity (Wildman–Crippen MR) is 111 cm³/mol. The largest absolute Gasteiger partial charge is 0.493 e. The summed E-state index contributed by atoms with van der Waals surface area (Å²) in [6.07, 6.45) is 3.67. The number of carbonyl (C=O) groups is 1. The standard InChI is InChI=1S/C24H33NO4/c1-14-7-8-18(27-5)20-19(14)23-11-12-25(4)16(3)22(23)9-10-24(28-6,21(23)29-20)17(13-22)15(2)26/h7-8,16-17,21H,9-13H2,1-6H3/t16-,17-,21-,22?,23+,24+/m1/s1. The molecule has 29 heavy (non-hydrogen) atoms. The van der Waals surface area contributed by atoms with Crippen LogP contribution in [0.4, 0.5) is 0 Å². The van der Waals surface area contributed by atoms with Crippen LogP contribution in [0.25, 0.3) is 0 Å². The molecule has 1 saturated heterocycles. The molecular formula is C24H33NO4. The predicted octanol–water partition coefficient (Wildman–Crippen LogP) is 3.50. The van der Waals surface area contributed by atoms with E-state index < -0.39 is 5.60 Å². The maximum Gasteiger partial charge on any atom is 0.165 e. The van der Waals surface area contributed by atoms with E-state index in [1.165, 1.54) is 11.1 Å². The molecule has 2 bridgehead atoms. The van der Waals surface area contributed by atoms with Gasteiger partial charge in [0.25, 0.3) is 0 Å². The normalized spacial score (nSPS) is 42.6. The van der Waals surface area contributed by atoms with E-state index in [9.17, 15) is 4.79 Å². The van der Waals surface area contributed by atoms with Gasteiger partial charge in [-0.3, -0.25) is 4.79 Å². The van der Waals surface area contributed by atoms with Crippen LogP contribution < -0.4 is 9.47 Å². The highest BCUT2D eigenvalue weighted by Gasteiger charge is 2.79. The zero-order chi connectivity index (χ0) is 20.8. The molecule has 2 spiro atoms. The fourth-order valence-electron chi connectivity index (χ4n) is 7.89. The third-order valence-corrected chi connectivity index (χ3v) is 9.32. The number of carbonyl (C=O) groups excluding carboxylic acids is 1. The number of hydrogen-bond acceptors (Lipinski definition) is 5. The lowest BCUT2D eigenvalue weighted by Gasteiger charge is -2.71. The maximum atomic E-state index is 12.9. The molecule has 3 aliphatic carbocycles. The van der Waals surface area contributed by atoms with E-state index in [2.05, 4.69) is 31.9 Å². The topological polar surface area (TPSA) is 48.0 Å². The summed E-state index contributed by atoms with van der Waals surface area (Å²) in [5, 5.41) is 0. The highest BCUT2D eigenvalue weighted by atomic mass is 16.6. The van der Waals surface area contributed by atoms with E-state index in [1.54, 1.807) is 21.1 Å². The number of rotatable bonds is 3. The number of hydrogen-bond donors (Lipinski definition) is 0. The van der Waals surface area contributed by atoms with Crippen molar-refractivity contribution in [2.24, 2.45) is 11.3 Å². The average Bonchev–Trinajstić information content (AvgIpc) is 3.10. The first-order chi connectivity index (χ1) is 13.8. The third-order valence-electron chi connectivity index (χ3n) is 9.32. The van der Waals surface area contributed by atoms with Crippen molar-refractivity contribution >= 4 is 5.78 Å². The summed E-state index contributed by atoms with van der Waals surface area (Å²) in [6, 6.07) is 4.55. The molecule has 0 N–H and O–H groups in total. The SMILES string of the molecule is COc1ccc(C)c2c1O[C@H]1[C@]3(OC)CCC4(C[C@@H]3C(C)=O)[C@@H](C)N(C)CC[C@]214. The van der Waals surface area contributed by atoms with Crippen molar-refractivity contribution in [2.45, 2.75) is 69.6 Å². The van der Waals surface area contributed by atoms with E-state index in [1.807, 2.05) is 6.07 Å². The summed E-state index contributed by atoms with van der Waals surface area (Å²) in [6.45, 7) is 7.30. The minimum Gasteiger partial charge on any atom is -0.493 e. The Morgan fingerprint density at radius 3 is 2.66 bits per heavy atom. The molecule has 6 rings (SSSR count). The van der Waals surface area contributed by atoms with Crippen molar-refractivity contribution in [3.05, 3.63) is 23.3 Å². The second-order valence-electron chi connectivity index (χ2n) is 9.85. The zero-order valence-corrected chi connectivity index (χ0v) is 18.5. The molecule has 0 radical (unpaired) electrons. The number of ketones is 1. The van der Waals surface area contributed by atoms with E-state index in [0.717, 1.165) is 43.7 Å². The van der Waals surface area contributed by atoms with E-state index in [4.69, 9.17) is 14.2 Å². The second kappa shape index (κ2) is 5.98. The Morgan fingerprint density at radius 1 is 1.24 bits per heavy atom. The number of piperidine rings is 1. The molecule has 5 aliphatic rings. The lowest BCUT2D eigenvalue weighted by atomic mass is 9.36. The van der Waals surface area contributed by atoms with Gasteiger partial charge in [-0.15, -0.1) is 0 Å². The van der Waals surface area contributed by atoms with E-state index in [-0.39, 0.29) is 28.6 Å². The number of likely N-dealkylation sites (tertiary alicyclic amines) is 1. The van der Waals surface area contributed by atoms with Gasteiger partial charge in [0, 0.05) is 29.5 Å². The Hall–Kier alpha value is -1.59. The number of fused-ring (bicyclic) bond motifs is 3. The number of ether oxygens (including phenoxy) is 3. The fourth-order valence-corrected chi connectivity index (χ4v) is 7.89. The highest BCUT2D eigenvalue weighted by Crippen LogP contribution is 2.74. The summed E-state index contributed by atoms with van der Waals surface area (Å²) in [5.74, 6) is 1.77.